The smallest absolute Gasteiger partial charge is 0.262 e. The number of rotatable bonds is 5. The Kier molecular flexibility index (Phi) is 4.32. The number of thiophene rings is 1. The Morgan fingerprint density at radius 3 is 3.10 bits per heavy atom. The fourth-order valence-electron chi connectivity index (χ4n) is 2.70. The summed E-state index contributed by atoms with van der Waals surface area (Å²) in [5.41, 5.74) is 1.34. The second-order valence-corrected chi connectivity index (χ2v) is 7.41. The number of unbranched alkanes of at least 4 members (excludes halogenated alkanes) is 2. The number of thioether (sulfide) groups is 1. The molecular formula is C15H17N3OS2. The van der Waals surface area contributed by atoms with Crippen molar-refractivity contribution in [2.75, 3.05) is 5.75 Å². The number of fused-ring (bicyclic) bond motifs is 3. The number of nitrogens with zero attached hydrogens (tertiary/aromatic N) is 3. The molecule has 0 N–H and O–H groups in total. The van der Waals surface area contributed by atoms with Gasteiger partial charge in [-0.15, -0.1) is 11.3 Å². The van der Waals surface area contributed by atoms with Crippen LogP contribution in [-0.2, 0) is 19.9 Å². The van der Waals surface area contributed by atoms with E-state index in [1.54, 1.807) is 27.7 Å². The molecule has 2 aromatic rings. The summed E-state index contributed by atoms with van der Waals surface area (Å²) in [6.45, 7) is 0. The quantitative estimate of drug-likeness (QED) is 0.482. The molecule has 1 aliphatic carbocycles. The number of hydrogen-bond acceptors (Lipinski definition) is 5. The van der Waals surface area contributed by atoms with E-state index in [4.69, 9.17) is 10.2 Å². The van der Waals surface area contributed by atoms with E-state index in [2.05, 4.69) is 6.07 Å². The summed E-state index contributed by atoms with van der Waals surface area (Å²) in [6, 6.07) is 2.15. The van der Waals surface area contributed by atoms with Crippen LogP contribution in [0.25, 0.3) is 10.2 Å². The summed E-state index contributed by atoms with van der Waals surface area (Å²) >= 11 is 3.31. The Morgan fingerprint density at radius 2 is 2.29 bits per heavy atom. The predicted octanol–water partition coefficient (Wildman–Crippen LogP) is 3.27. The minimum atomic E-state index is 0.0962. The van der Waals surface area contributed by atoms with E-state index in [1.807, 2.05) is 7.05 Å². The molecule has 0 saturated carbocycles. The van der Waals surface area contributed by atoms with Crippen molar-refractivity contribution in [2.45, 2.75) is 43.7 Å². The van der Waals surface area contributed by atoms with Gasteiger partial charge in [-0.2, -0.15) is 5.26 Å². The Morgan fingerprint density at radius 1 is 1.43 bits per heavy atom. The second kappa shape index (κ2) is 6.20. The molecule has 0 aromatic carbocycles. The van der Waals surface area contributed by atoms with Gasteiger partial charge < -0.3 is 0 Å². The molecule has 0 saturated heterocycles. The number of aromatic nitrogens is 2. The second-order valence-electron chi connectivity index (χ2n) is 5.26. The summed E-state index contributed by atoms with van der Waals surface area (Å²) in [7, 11) is 1.81. The van der Waals surface area contributed by atoms with Crippen molar-refractivity contribution in [1.82, 2.24) is 9.55 Å². The van der Waals surface area contributed by atoms with E-state index >= 15 is 0 Å². The Bertz CT molecular complexity index is 770. The van der Waals surface area contributed by atoms with E-state index in [-0.39, 0.29) is 5.56 Å². The Balaban J connectivity index is 1.86. The lowest BCUT2D eigenvalue weighted by Crippen LogP contribution is -2.20. The summed E-state index contributed by atoms with van der Waals surface area (Å²) in [5, 5.41) is 10.2. The third kappa shape index (κ3) is 2.72. The molecule has 4 nitrogen and oxygen atoms in total. The largest absolute Gasteiger partial charge is 0.290 e. The lowest BCUT2D eigenvalue weighted by Gasteiger charge is -2.07. The first-order valence-corrected chi connectivity index (χ1v) is 9.03. The molecule has 0 unspecified atom stereocenters. The van der Waals surface area contributed by atoms with Crippen LogP contribution in [0, 0.1) is 11.3 Å². The average molecular weight is 319 g/mol. The number of aryl methyl sites for hydroxylation is 2. The van der Waals surface area contributed by atoms with Gasteiger partial charge in [0.25, 0.3) is 5.56 Å². The molecule has 3 rings (SSSR count). The molecule has 0 fully saturated rings. The van der Waals surface area contributed by atoms with Crippen LogP contribution in [0.15, 0.2) is 9.95 Å². The van der Waals surface area contributed by atoms with Crippen molar-refractivity contribution < 1.29 is 0 Å². The molecule has 1 aliphatic rings. The molecule has 21 heavy (non-hydrogen) atoms. The topological polar surface area (TPSA) is 58.7 Å². The summed E-state index contributed by atoms with van der Waals surface area (Å²) in [6.07, 6.45) is 5.77. The van der Waals surface area contributed by atoms with Gasteiger partial charge in [0.15, 0.2) is 5.16 Å². The molecule has 0 atom stereocenters. The molecule has 0 radical (unpaired) electrons. The highest BCUT2D eigenvalue weighted by Crippen LogP contribution is 2.35. The van der Waals surface area contributed by atoms with Crippen molar-refractivity contribution in [3.8, 4) is 6.07 Å². The zero-order valence-electron chi connectivity index (χ0n) is 12.0. The molecule has 6 heteroatoms. The Hall–Kier alpha value is -1.32. The van der Waals surface area contributed by atoms with Gasteiger partial charge in [-0.3, -0.25) is 9.36 Å². The van der Waals surface area contributed by atoms with Crippen LogP contribution in [-0.4, -0.2) is 15.3 Å². The van der Waals surface area contributed by atoms with Crippen LogP contribution >= 0.6 is 23.1 Å². The molecule has 0 bridgehead atoms. The minimum Gasteiger partial charge on any atom is -0.290 e. The third-order valence-electron chi connectivity index (χ3n) is 3.82. The van der Waals surface area contributed by atoms with E-state index < -0.39 is 0 Å². The summed E-state index contributed by atoms with van der Waals surface area (Å²) < 4.78 is 1.68. The SMILES string of the molecule is Cn1c(SCCCCC#N)nc2sc3c(c2c1=O)CCC3. The van der Waals surface area contributed by atoms with E-state index in [0.29, 0.717) is 6.42 Å². The zero-order valence-corrected chi connectivity index (χ0v) is 13.6. The molecule has 110 valence electrons. The summed E-state index contributed by atoms with van der Waals surface area (Å²) in [5.74, 6) is 0.901. The van der Waals surface area contributed by atoms with Gasteiger partial charge in [-0.1, -0.05) is 11.8 Å². The maximum absolute atomic E-state index is 12.6. The molecule has 0 spiro atoms. The minimum absolute atomic E-state index is 0.0962. The highest BCUT2D eigenvalue weighted by atomic mass is 32.2. The van der Waals surface area contributed by atoms with Gasteiger partial charge in [0.1, 0.15) is 4.83 Å². The van der Waals surface area contributed by atoms with Crippen LogP contribution < -0.4 is 5.56 Å². The van der Waals surface area contributed by atoms with Gasteiger partial charge in [-0.05, 0) is 37.7 Å². The van der Waals surface area contributed by atoms with Crippen LogP contribution in [0.5, 0.6) is 0 Å². The average Bonchev–Trinajstić information content (AvgIpc) is 3.04. The fraction of sp³-hybridized carbons (Fsp3) is 0.533. The third-order valence-corrected chi connectivity index (χ3v) is 6.12. The van der Waals surface area contributed by atoms with Gasteiger partial charge in [0.05, 0.1) is 11.5 Å². The van der Waals surface area contributed by atoms with Crippen molar-refractivity contribution in [1.29, 1.82) is 5.26 Å². The first-order valence-electron chi connectivity index (χ1n) is 7.23. The van der Waals surface area contributed by atoms with Crippen LogP contribution in [0.4, 0.5) is 0 Å². The zero-order chi connectivity index (χ0) is 14.8. The molecule has 0 amide bonds. The monoisotopic (exact) mass is 319 g/mol. The van der Waals surface area contributed by atoms with Gasteiger partial charge in [0, 0.05) is 24.1 Å². The number of hydrogen-bond donors (Lipinski definition) is 0. The van der Waals surface area contributed by atoms with Crippen LogP contribution in [0.1, 0.15) is 36.1 Å². The van der Waals surface area contributed by atoms with Crippen molar-refractivity contribution in [3.05, 3.63) is 20.8 Å². The summed E-state index contributed by atoms with van der Waals surface area (Å²) in [4.78, 5) is 19.5. The normalized spacial score (nSPS) is 13.5. The van der Waals surface area contributed by atoms with E-state index in [1.165, 1.54) is 10.4 Å². The van der Waals surface area contributed by atoms with Gasteiger partial charge in [-0.25, -0.2) is 4.98 Å². The molecule has 0 aliphatic heterocycles. The first-order chi connectivity index (χ1) is 10.2. The lowest BCUT2D eigenvalue weighted by atomic mass is 10.2. The van der Waals surface area contributed by atoms with Crippen LogP contribution in [0.3, 0.4) is 0 Å². The van der Waals surface area contributed by atoms with E-state index in [9.17, 15) is 4.79 Å². The Labute approximate surface area is 131 Å². The highest BCUT2D eigenvalue weighted by molar-refractivity contribution is 7.99. The standard InChI is InChI=1S/C15H17N3OS2/c1-18-14(19)12-10-6-5-7-11(10)21-13(12)17-15(18)20-9-4-2-3-8-16/h2-7,9H2,1H3. The van der Waals surface area contributed by atoms with Crippen molar-refractivity contribution in [2.24, 2.45) is 7.05 Å². The van der Waals surface area contributed by atoms with E-state index in [0.717, 1.165) is 53.2 Å². The predicted molar refractivity (Wildman–Crippen MR) is 87.1 cm³/mol. The van der Waals surface area contributed by atoms with Crippen LogP contribution in [0.2, 0.25) is 0 Å². The van der Waals surface area contributed by atoms with Crippen molar-refractivity contribution in [3.63, 3.8) is 0 Å². The number of nitriles is 1. The first kappa shape index (κ1) is 14.6. The lowest BCUT2D eigenvalue weighted by molar-refractivity contribution is 0.724. The fourth-order valence-corrected chi connectivity index (χ4v) is 4.98. The molecule has 2 heterocycles. The van der Waals surface area contributed by atoms with Crippen molar-refractivity contribution >= 4 is 33.3 Å². The maximum atomic E-state index is 12.6. The highest BCUT2D eigenvalue weighted by Gasteiger charge is 2.22. The molecular weight excluding hydrogens is 302 g/mol. The maximum Gasteiger partial charge on any atom is 0.262 e. The van der Waals surface area contributed by atoms with Gasteiger partial charge >= 0.3 is 0 Å². The molecule has 2 aromatic heterocycles. The van der Waals surface area contributed by atoms with Gasteiger partial charge in [0.2, 0.25) is 0 Å².